The van der Waals surface area contributed by atoms with Crippen LogP contribution in [0.25, 0.3) is 0 Å². The second kappa shape index (κ2) is 13.1. The zero-order valence-electron chi connectivity index (χ0n) is 22.9. The molecule has 7 heteroatoms. The van der Waals surface area contributed by atoms with Gasteiger partial charge in [0.05, 0.1) is 21.8 Å². The summed E-state index contributed by atoms with van der Waals surface area (Å²) in [6.07, 6.45) is 8.52. The molecule has 5 nitrogen and oxygen atoms in total. The lowest BCUT2D eigenvalue weighted by molar-refractivity contribution is 0.102. The zero-order valence-corrected chi connectivity index (χ0v) is 25.9. The van der Waals surface area contributed by atoms with Crippen molar-refractivity contribution in [3.8, 4) is 11.5 Å². The van der Waals surface area contributed by atoms with Gasteiger partial charge >= 0.3 is 0 Å². The molecule has 1 aromatic heterocycles. The number of hydrogen-bond acceptors (Lipinski definition) is 5. The summed E-state index contributed by atoms with van der Waals surface area (Å²) >= 11 is 3.95. The van der Waals surface area contributed by atoms with Gasteiger partial charge in [-0.15, -0.1) is 11.3 Å². The van der Waals surface area contributed by atoms with Crippen molar-refractivity contribution in [1.29, 1.82) is 0 Å². The summed E-state index contributed by atoms with van der Waals surface area (Å²) in [6.45, 7) is 10.6. The number of hydrogen-bond donors (Lipinski definition) is 1. The molecule has 1 amide bonds. The van der Waals surface area contributed by atoms with E-state index in [0.717, 1.165) is 67.9 Å². The Morgan fingerprint density at radius 3 is 2.63 bits per heavy atom. The number of thiophene rings is 1. The van der Waals surface area contributed by atoms with Crippen molar-refractivity contribution in [2.45, 2.75) is 79.2 Å². The molecule has 2 aromatic carbocycles. The van der Waals surface area contributed by atoms with E-state index in [9.17, 15) is 4.79 Å². The number of aliphatic imine (C=N–C) groups is 1. The Kier molecular flexibility index (Phi) is 9.87. The molecule has 0 bridgehead atoms. The number of carbonyl (C=O) groups excluding carboxylic acids is 1. The lowest BCUT2D eigenvalue weighted by Crippen LogP contribution is -2.15. The number of carbonyl (C=O) groups is 1. The van der Waals surface area contributed by atoms with Gasteiger partial charge in [0.1, 0.15) is 5.00 Å². The number of fused-ring (bicyclic) bond motifs is 1. The summed E-state index contributed by atoms with van der Waals surface area (Å²) < 4.78 is 12.9. The topological polar surface area (TPSA) is 59.9 Å². The van der Waals surface area contributed by atoms with E-state index < -0.39 is 0 Å². The minimum Gasteiger partial charge on any atom is -0.490 e. The van der Waals surface area contributed by atoms with Gasteiger partial charge in [0.15, 0.2) is 11.5 Å². The smallest absolute Gasteiger partial charge is 0.259 e. The van der Waals surface area contributed by atoms with Gasteiger partial charge in [0.25, 0.3) is 5.91 Å². The van der Waals surface area contributed by atoms with Crippen molar-refractivity contribution in [3.05, 3.63) is 66.6 Å². The summed E-state index contributed by atoms with van der Waals surface area (Å²) in [5.41, 5.74) is 5.84. The van der Waals surface area contributed by atoms with Crippen LogP contribution in [0.1, 0.15) is 83.9 Å². The predicted octanol–water partition coefficient (Wildman–Crippen LogP) is 8.82. The molecule has 38 heavy (non-hydrogen) atoms. The number of aryl methyl sites for hydroxylation is 3. The third-order valence-corrected chi connectivity index (χ3v) is 8.54. The van der Waals surface area contributed by atoms with E-state index in [4.69, 9.17) is 14.5 Å². The maximum absolute atomic E-state index is 13.8. The molecular weight excluding hydrogens is 607 g/mol. The molecule has 0 aliphatic heterocycles. The Hall–Kier alpha value is -2.39. The number of ether oxygens (including phenoxy) is 2. The first-order valence-electron chi connectivity index (χ1n) is 13.5. The third-order valence-electron chi connectivity index (χ3n) is 6.54. The summed E-state index contributed by atoms with van der Waals surface area (Å²) in [7, 11) is 0. The number of halogens is 1. The number of benzene rings is 2. The SMILES string of the molecule is CCOc1cc(C=Nc2sc3c(c2C(=O)Nc2cc(C)ccc2C)CCCCCC3)cc(I)c1OC(C)C. The minimum absolute atomic E-state index is 0.0472. The van der Waals surface area contributed by atoms with E-state index in [1.165, 1.54) is 23.3 Å². The van der Waals surface area contributed by atoms with E-state index >= 15 is 0 Å². The zero-order chi connectivity index (χ0) is 27.2. The molecule has 0 atom stereocenters. The molecule has 0 fully saturated rings. The molecular formula is C31H37IN2O3S. The highest BCUT2D eigenvalue weighted by atomic mass is 127. The van der Waals surface area contributed by atoms with Crippen LogP contribution in [0.3, 0.4) is 0 Å². The van der Waals surface area contributed by atoms with Gasteiger partial charge in [-0.1, -0.05) is 25.0 Å². The molecule has 0 spiro atoms. The molecule has 1 N–H and O–H groups in total. The van der Waals surface area contributed by atoms with Gasteiger partial charge < -0.3 is 14.8 Å². The van der Waals surface area contributed by atoms with Gasteiger partial charge in [-0.05, 0) is 123 Å². The maximum Gasteiger partial charge on any atom is 0.259 e. The largest absolute Gasteiger partial charge is 0.490 e. The van der Waals surface area contributed by atoms with Crippen LogP contribution >= 0.6 is 33.9 Å². The molecule has 0 saturated heterocycles. The van der Waals surface area contributed by atoms with Crippen molar-refractivity contribution >= 4 is 56.7 Å². The van der Waals surface area contributed by atoms with Gasteiger partial charge in [-0.25, -0.2) is 4.99 Å². The fraction of sp³-hybridized carbons (Fsp3) is 0.419. The van der Waals surface area contributed by atoms with Crippen LogP contribution < -0.4 is 14.8 Å². The first-order chi connectivity index (χ1) is 18.3. The van der Waals surface area contributed by atoms with Gasteiger partial charge in [-0.2, -0.15) is 0 Å². The molecule has 1 aliphatic carbocycles. The van der Waals surface area contributed by atoms with Gasteiger partial charge in [0, 0.05) is 16.8 Å². The van der Waals surface area contributed by atoms with E-state index in [1.54, 1.807) is 11.3 Å². The number of rotatable bonds is 8. The molecule has 1 heterocycles. The van der Waals surface area contributed by atoms with Crippen LogP contribution in [0.5, 0.6) is 11.5 Å². The van der Waals surface area contributed by atoms with Gasteiger partial charge in [0.2, 0.25) is 0 Å². The van der Waals surface area contributed by atoms with E-state index in [1.807, 2.05) is 65.1 Å². The monoisotopic (exact) mass is 644 g/mol. The van der Waals surface area contributed by atoms with Crippen LogP contribution in [0.4, 0.5) is 10.7 Å². The Labute approximate surface area is 244 Å². The summed E-state index contributed by atoms with van der Waals surface area (Å²) in [5, 5.41) is 3.97. The van der Waals surface area contributed by atoms with Crippen molar-refractivity contribution < 1.29 is 14.3 Å². The van der Waals surface area contributed by atoms with Crippen molar-refractivity contribution in [2.24, 2.45) is 4.99 Å². The van der Waals surface area contributed by atoms with Crippen molar-refractivity contribution in [2.75, 3.05) is 11.9 Å². The normalized spacial score (nSPS) is 13.8. The highest BCUT2D eigenvalue weighted by molar-refractivity contribution is 14.1. The first-order valence-corrected chi connectivity index (χ1v) is 15.4. The molecule has 3 aromatic rings. The van der Waals surface area contributed by atoms with E-state index in [-0.39, 0.29) is 12.0 Å². The van der Waals surface area contributed by atoms with Crippen LogP contribution in [0, 0.1) is 17.4 Å². The van der Waals surface area contributed by atoms with Gasteiger partial charge in [-0.3, -0.25) is 4.79 Å². The van der Waals surface area contributed by atoms with Crippen molar-refractivity contribution in [3.63, 3.8) is 0 Å². The summed E-state index contributed by atoms with van der Waals surface area (Å²) in [6, 6.07) is 10.2. The van der Waals surface area contributed by atoms with E-state index in [0.29, 0.717) is 12.4 Å². The quantitative estimate of drug-likeness (QED) is 0.197. The Bertz CT molecular complexity index is 1330. The van der Waals surface area contributed by atoms with Crippen LogP contribution in [0.2, 0.25) is 0 Å². The number of anilines is 1. The molecule has 0 saturated carbocycles. The average molecular weight is 645 g/mol. The minimum atomic E-state index is -0.0748. The van der Waals surface area contributed by atoms with Crippen LogP contribution in [-0.4, -0.2) is 24.8 Å². The number of nitrogens with zero attached hydrogens (tertiary/aromatic N) is 1. The predicted molar refractivity (Wildman–Crippen MR) is 167 cm³/mol. The highest BCUT2D eigenvalue weighted by Crippen LogP contribution is 2.40. The Morgan fingerprint density at radius 1 is 1.13 bits per heavy atom. The second-order valence-electron chi connectivity index (χ2n) is 10.1. The Morgan fingerprint density at radius 2 is 1.89 bits per heavy atom. The molecule has 0 unspecified atom stereocenters. The first kappa shape index (κ1) is 28.6. The standard InChI is InChI=1S/C31H37IN2O3S/c1-6-36-26-17-22(16-24(32)29(26)37-19(2)3)18-33-31-28(23-11-9-7-8-10-12-27(23)38-31)30(35)34-25-15-20(4)13-14-21(25)5/h13-19H,6-12H2,1-5H3,(H,34,35). The lowest BCUT2D eigenvalue weighted by Gasteiger charge is -2.16. The summed E-state index contributed by atoms with van der Waals surface area (Å²) in [5.74, 6) is 1.39. The number of amides is 1. The molecule has 0 radical (unpaired) electrons. The number of nitrogens with one attached hydrogen (secondary N) is 1. The molecule has 4 rings (SSSR count). The average Bonchev–Trinajstić information content (AvgIpc) is 3.18. The Balaban J connectivity index is 1.73. The summed E-state index contributed by atoms with van der Waals surface area (Å²) in [4.78, 5) is 20.0. The third kappa shape index (κ3) is 6.97. The molecule has 202 valence electrons. The second-order valence-corrected chi connectivity index (χ2v) is 12.3. The lowest BCUT2D eigenvalue weighted by atomic mass is 9.96. The molecule has 1 aliphatic rings. The maximum atomic E-state index is 13.8. The fourth-order valence-corrected chi connectivity index (χ4v) is 6.68. The fourth-order valence-electron chi connectivity index (χ4n) is 4.69. The van der Waals surface area contributed by atoms with Crippen LogP contribution in [-0.2, 0) is 12.8 Å². The van der Waals surface area contributed by atoms with Crippen molar-refractivity contribution in [1.82, 2.24) is 0 Å². The van der Waals surface area contributed by atoms with Crippen LogP contribution in [0.15, 0.2) is 35.3 Å². The highest BCUT2D eigenvalue weighted by Gasteiger charge is 2.24. The van der Waals surface area contributed by atoms with E-state index in [2.05, 4.69) is 34.0 Å².